The van der Waals surface area contributed by atoms with E-state index in [2.05, 4.69) is 78.8 Å². The summed E-state index contributed by atoms with van der Waals surface area (Å²) in [7, 11) is 2.19. The average molecular weight is 282 g/mol. The van der Waals surface area contributed by atoms with Crippen LogP contribution in [0.3, 0.4) is 0 Å². The summed E-state index contributed by atoms with van der Waals surface area (Å²) >= 11 is 0. The fourth-order valence-corrected chi connectivity index (χ4v) is 2.60. The second-order valence-corrected chi connectivity index (χ2v) is 5.53. The first-order chi connectivity index (χ1) is 10.3. The first kappa shape index (κ1) is 15.7. The molecule has 112 valence electrons. The highest BCUT2D eigenvalue weighted by Gasteiger charge is 2.06. The molecule has 0 saturated carbocycles. The lowest BCUT2D eigenvalue weighted by Gasteiger charge is -2.19. The molecule has 0 aliphatic rings. The Balaban J connectivity index is 1.95. The van der Waals surface area contributed by atoms with Crippen molar-refractivity contribution in [3.63, 3.8) is 0 Å². The van der Waals surface area contributed by atoms with Crippen LogP contribution in [0, 0.1) is 0 Å². The van der Waals surface area contributed by atoms with Gasteiger partial charge in [0, 0.05) is 13.1 Å². The summed E-state index contributed by atoms with van der Waals surface area (Å²) in [5.74, 6) is 0. The molecule has 0 spiro atoms. The van der Waals surface area contributed by atoms with Crippen LogP contribution in [0.15, 0.2) is 54.6 Å². The molecule has 0 heterocycles. The van der Waals surface area contributed by atoms with Crippen LogP contribution in [0.25, 0.3) is 0 Å². The van der Waals surface area contributed by atoms with Crippen molar-refractivity contribution in [3.8, 4) is 0 Å². The Kier molecular flexibility index (Phi) is 6.45. The SMILES string of the molecule is CCNCCc1ccccc1CN(C)Cc1ccccc1. The second-order valence-electron chi connectivity index (χ2n) is 5.53. The lowest BCUT2D eigenvalue weighted by Crippen LogP contribution is -2.20. The van der Waals surface area contributed by atoms with Crippen LogP contribution in [-0.4, -0.2) is 25.0 Å². The molecule has 0 aliphatic heterocycles. The number of benzene rings is 2. The van der Waals surface area contributed by atoms with Gasteiger partial charge >= 0.3 is 0 Å². The molecule has 2 nitrogen and oxygen atoms in total. The van der Waals surface area contributed by atoms with E-state index in [4.69, 9.17) is 0 Å². The third-order valence-electron chi connectivity index (χ3n) is 3.68. The minimum Gasteiger partial charge on any atom is -0.317 e. The largest absolute Gasteiger partial charge is 0.317 e. The van der Waals surface area contributed by atoms with E-state index in [0.717, 1.165) is 32.6 Å². The summed E-state index contributed by atoms with van der Waals surface area (Å²) in [4.78, 5) is 2.38. The standard InChI is InChI=1S/C19H26N2/c1-3-20-14-13-18-11-7-8-12-19(18)16-21(2)15-17-9-5-4-6-10-17/h4-12,20H,3,13-16H2,1-2H3. The van der Waals surface area contributed by atoms with Crippen LogP contribution >= 0.6 is 0 Å². The number of nitrogens with one attached hydrogen (secondary N) is 1. The van der Waals surface area contributed by atoms with Gasteiger partial charge in [0.25, 0.3) is 0 Å². The normalized spacial score (nSPS) is 11.0. The van der Waals surface area contributed by atoms with Gasteiger partial charge in [0.2, 0.25) is 0 Å². The molecule has 0 radical (unpaired) electrons. The van der Waals surface area contributed by atoms with E-state index in [0.29, 0.717) is 0 Å². The first-order valence-electron chi connectivity index (χ1n) is 7.79. The molecule has 0 amide bonds. The van der Waals surface area contributed by atoms with Crippen LogP contribution in [0.2, 0.25) is 0 Å². The Morgan fingerprint density at radius 2 is 1.52 bits per heavy atom. The number of likely N-dealkylation sites (N-methyl/N-ethyl adjacent to an activating group) is 1. The van der Waals surface area contributed by atoms with E-state index in [-0.39, 0.29) is 0 Å². The highest BCUT2D eigenvalue weighted by atomic mass is 15.1. The van der Waals surface area contributed by atoms with Crippen LogP contribution in [0.1, 0.15) is 23.6 Å². The number of nitrogens with zero attached hydrogens (tertiary/aromatic N) is 1. The Hall–Kier alpha value is -1.64. The molecular formula is C19H26N2. The highest BCUT2D eigenvalue weighted by molar-refractivity contribution is 5.27. The minimum absolute atomic E-state index is 0.988. The molecule has 0 fully saturated rings. The maximum absolute atomic E-state index is 3.40. The van der Waals surface area contributed by atoms with Gasteiger partial charge in [-0.1, -0.05) is 61.5 Å². The Bertz CT molecular complexity index is 522. The summed E-state index contributed by atoms with van der Waals surface area (Å²) in [6.07, 6.45) is 1.10. The zero-order valence-electron chi connectivity index (χ0n) is 13.2. The zero-order chi connectivity index (χ0) is 14.9. The maximum Gasteiger partial charge on any atom is 0.0236 e. The van der Waals surface area contributed by atoms with Crippen molar-refractivity contribution >= 4 is 0 Å². The summed E-state index contributed by atoms with van der Waals surface area (Å²) in [6.45, 7) is 6.23. The zero-order valence-corrected chi connectivity index (χ0v) is 13.2. The smallest absolute Gasteiger partial charge is 0.0236 e. The second kappa shape index (κ2) is 8.60. The molecule has 2 heteroatoms. The van der Waals surface area contributed by atoms with E-state index in [1.54, 1.807) is 0 Å². The molecule has 0 aliphatic carbocycles. The van der Waals surface area contributed by atoms with Gasteiger partial charge in [-0.3, -0.25) is 4.90 Å². The van der Waals surface area contributed by atoms with Gasteiger partial charge in [0.15, 0.2) is 0 Å². The molecule has 0 unspecified atom stereocenters. The van der Waals surface area contributed by atoms with Gasteiger partial charge in [-0.05, 0) is 43.2 Å². The highest BCUT2D eigenvalue weighted by Crippen LogP contribution is 2.13. The number of hydrogen-bond acceptors (Lipinski definition) is 2. The van der Waals surface area contributed by atoms with Crippen molar-refractivity contribution < 1.29 is 0 Å². The van der Waals surface area contributed by atoms with Crippen LogP contribution in [-0.2, 0) is 19.5 Å². The predicted molar refractivity (Wildman–Crippen MR) is 90.3 cm³/mol. The van der Waals surface area contributed by atoms with Crippen LogP contribution in [0.4, 0.5) is 0 Å². The average Bonchev–Trinajstić information content (AvgIpc) is 2.50. The maximum atomic E-state index is 3.40. The quantitative estimate of drug-likeness (QED) is 0.746. The van der Waals surface area contributed by atoms with Gasteiger partial charge in [0.1, 0.15) is 0 Å². The summed E-state index contributed by atoms with van der Waals surface area (Å²) in [6, 6.07) is 19.4. The van der Waals surface area contributed by atoms with E-state index in [1.165, 1.54) is 16.7 Å². The third kappa shape index (κ3) is 5.33. The molecule has 2 aromatic rings. The van der Waals surface area contributed by atoms with E-state index in [9.17, 15) is 0 Å². The lowest BCUT2D eigenvalue weighted by atomic mass is 10.0. The van der Waals surface area contributed by atoms with Crippen LogP contribution in [0.5, 0.6) is 0 Å². The van der Waals surface area contributed by atoms with E-state index in [1.807, 2.05) is 0 Å². The number of hydrogen-bond donors (Lipinski definition) is 1. The van der Waals surface area contributed by atoms with Gasteiger partial charge in [-0.15, -0.1) is 0 Å². The van der Waals surface area contributed by atoms with Crippen molar-refractivity contribution in [3.05, 3.63) is 71.3 Å². The van der Waals surface area contributed by atoms with Gasteiger partial charge in [-0.25, -0.2) is 0 Å². The van der Waals surface area contributed by atoms with Crippen molar-refractivity contribution in [2.45, 2.75) is 26.4 Å². The Morgan fingerprint density at radius 3 is 2.24 bits per heavy atom. The first-order valence-corrected chi connectivity index (χ1v) is 7.79. The monoisotopic (exact) mass is 282 g/mol. The molecule has 0 bridgehead atoms. The summed E-state index contributed by atoms with van der Waals surface area (Å²) in [5, 5.41) is 3.40. The summed E-state index contributed by atoms with van der Waals surface area (Å²) in [5.41, 5.74) is 4.26. The fraction of sp³-hybridized carbons (Fsp3) is 0.368. The van der Waals surface area contributed by atoms with Crippen molar-refractivity contribution in [2.24, 2.45) is 0 Å². The minimum atomic E-state index is 0.988. The molecule has 0 atom stereocenters. The third-order valence-corrected chi connectivity index (χ3v) is 3.68. The van der Waals surface area contributed by atoms with E-state index >= 15 is 0 Å². The predicted octanol–water partition coefficient (Wildman–Crippen LogP) is 3.47. The Labute approximate surface area is 128 Å². The summed E-state index contributed by atoms with van der Waals surface area (Å²) < 4.78 is 0. The number of rotatable bonds is 8. The molecule has 21 heavy (non-hydrogen) atoms. The van der Waals surface area contributed by atoms with Gasteiger partial charge in [0.05, 0.1) is 0 Å². The van der Waals surface area contributed by atoms with Crippen molar-refractivity contribution in [1.29, 1.82) is 0 Å². The molecule has 1 N–H and O–H groups in total. The molecule has 2 aromatic carbocycles. The Morgan fingerprint density at radius 1 is 0.857 bits per heavy atom. The van der Waals surface area contributed by atoms with Gasteiger partial charge < -0.3 is 5.32 Å². The van der Waals surface area contributed by atoms with E-state index < -0.39 is 0 Å². The molecular weight excluding hydrogens is 256 g/mol. The topological polar surface area (TPSA) is 15.3 Å². The van der Waals surface area contributed by atoms with Gasteiger partial charge in [-0.2, -0.15) is 0 Å². The van der Waals surface area contributed by atoms with Crippen molar-refractivity contribution in [1.82, 2.24) is 10.2 Å². The lowest BCUT2D eigenvalue weighted by molar-refractivity contribution is 0.318. The molecule has 0 saturated heterocycles. The van der Waals surface area contributed by atoms with Crippen LogP contribution < -0.4 is 5.32 Å². The molecule has 0 aromatic heterocycles. The molecule has 2 rings (SSSR count). The van der Waals surface area contributed by atoms with Crippen molar-refractivity contribution in [2.75, 3.05) is 20.1 Å². The fourth-order valence-electron chi connectivity index (χ4n) is 2.60.